The largest absolute Gasteiger partial charge is 0.324 e. The zero-order valence-electron chi connectivity index (χ0n) is 9.84. The van der Waals surface area contributed by atoms with Gasteiger partial charge in [-0.3, -0.25) is 0 Å². The smallest absolute Gasteiger partial charge is 0.162 e. The van der Waals surface area contributed by atoms with Crippen LogP contribution < -0.4 is 5.73 Å². The highest BCUT2D eigenvalue weighted by molar-refractivity contribution is 6.30. The van der Waals surface area contributed by atoms with Crippen LogP contribution in [-0.4, -0.2) is 0 Å². The van der Waals surface area contributed by atoms with Gasteiger partial charge in [-0.25, -0.2) is 13.2 Å². The Hall–Kier alpha value is -1.52. The molecule has 2 aromatic rings. The van der Waals surface area contributed by atoms with Crippen LogP contribution >= 0.6 is 11.6 Å². The number of rotatable bonds is 3. The van der Waals surface area contributed by atoms with Gasteiger partial charge in [0.15, 0.2) is 11.6 Å². The van der Waals surface area contributed by atoms with Gasteiger partial charge in [0.2, 0.25) is 0 Å². The molecule has 1 nitrogen and oxygen atoms in total. The molecular weight excluding hydrogens is 275 g/mol. The first-order valence-electron chi connectivity index (χ1n) is 5.62. The van der Waals surface area contributed by atoms with Crippen molar-refractivity contribution in [2.24, 2.45) is 5.73 Å². The van der Waals surface area contributed by atoms with Gasteiger partial charge in [-0.2, -0.15) is 0 Å². The van der Waals surface area contributed by atoms with E-state index in [1.807, 2.05) is 0 Å². The van der Waals surface area contributed by atoms with Gasteiger partial charge < -0.3 is 5.73 Å². The molecule has 0 radical (unpaired) electrons. The van der Waals surface area contributed by atoms with E-state index >= 15 is 0 Å². The van der Waals surface area contributed by atoms with Crippen molar-refractivity contribution in [2.45, 2.75) is 12.5 Å². The second-order valence-corrected chi connectivity index (χ2v) is 4.63. The van der Waals surface area contributed by atoms with Gasteiger partial charge in [0.05, 0.1) is 0 Å². The third-order valence-electron chi connectivity index (χ3n) is 2.83. The summed E-state index contributed by atoms with van der Waals surface area (Å²) in [4.78, 5) is 0. The maximum absolute atomic E-state index is 13.7. The summed E-state index contributed by atoms with van der Waals surface area (Å²) in [5, 5.41) is 0.255. The number of hydrogen-bond donors (Lipinski definition) is 1. The lowest BCUT2D eigenvalue weighted by atomic mass is 9.99. The molecule has 0 aromatic heterocycles. The predicted molar refractivity (Wildman–Crippen MR) is 68.4 cm³/mol. The fourth-order valence-corrected chi connectivity index (χ4v) is 2.01. The van der Waals surface area contributed by atoms with E-state index in [4.69, 9.17) is 17.3 Å². The summed E-state index contributed by atoms with van der Waals surface area (Å²) in [6.45, 7) is 0. The highest BCUT2D eigenvalue weighted by atomic mass is 35.5. The SMILES string of the molecule is NC(Cc1cccc(F)c1F)c1ccc(Cl)cc1F. The second-order valence-electron chi connectivity index (χ2n) is 4.19. The van der Waals surface area contributed by atoms with Crippen LogP contribution in [0.3, 0.4) is 0 Å². The topological polar surface area (TPSA) is 26.0 Å². The van der Waals surface area contributed by atoms with E-state index in [1.165, 1.54) is 24.3 Å². The van der Waals surface area contributed by atoms with E-state index in [9.17, 15) is 13.2 Å². The lowest BCUT2D eigenvalue weighted by Gasteiger charge is -2.14. The average Bonchev–Trinajstić information content (AvgIpc) is 2.34. The molecule has 5 heteroatoms. The van der Waals surface area contributed by atoms with Gasteiger partial charge in [0, 0.05) is 16.6 Å². The third-order valence-corrected chi connectivity index (χ3v) is 3.07. The first-order valence-corrected chi connectivity index (χ1v) is 6.00. The molecule has 0 bridgehead atoms. The summed E-state index contributed by atoms with van der Waals surface area (Å²) in [5.74, 6) is -2.45. The van der Waals surface area contributed by atoms with Crippen LogP contribution in [0.1, 0.15) is 17.2 Å². The lowest BCUT2D eigenvalue weighted by molar-refractivity contribution is 0.492. The predicted octanol–water partition coefficient (Wildman–Crippen LogP) is 4.00. The quantitative estimate of drug-likeness (QED) is 0.906. The summed E-state index contributed by atoms with van der Waals surface area (Å²) in [6, 6.07) is 7.14. The molecule has 0 heterocycles. The zero-order valence-corrected chi connectivity index (χ0v) is 10.6. The zero-order chi connectivity index (χ0) is 14.0. The number of halogens is 4. The molecular formula is C14H11ClF3N. The molecule has 0 spiro atoms. The number of nitrogens with two attached hydrogens (primary N) is 1. The highest BCUT2D eigenvalue weighted by Gasteiger charge is 2.16. The summed E-state index contributed by atoms with van der Waals surface area (Å²) in [7, 11) is 0. The second kappa shape index (κ2) is 5.63. The first-order chi connectivity index (χ1) is 8.99. The van der Waals surface area contributed by atoms with Gasteiger partial charge in [-0.1, -0.05) is 29.8 Å². The molecule has 1 atom stereocenters. The van der Waals surface area contributed by atoms with Crippen molar-refractivity contribution in [1.29, 1.82) is 0 Å². The van der Waals surface area contributed by atoms with E-state index in [0.29, 0.717) is 0 Å². The molecule has 0 aliphatic heterocycles. The maximum Gasteiger partial charge on any atom is 0.162 e. The van der Waals surface area contributed by atoms with E-state index < -0.39 is 23.5 Å². The van der Waals surface area contributed by atoms with Gasteiger partial charge in [-0.05, 0) is 30.2 Å². The molecule has 0 saturated carbocycles. The summed E-state index contributed by atoms with van der Waals surface area (Å²) < 4.78 is 40.2. The highest BCUT2D eigenvalue weighted by Crippen LogP contribution is 2.23. The summed E-state index contributed by atoms with van der Waals surface area (Å²) in [6.07, 6.45) is 0.00213. The maximum atomic E-state index is 13.7. The van der Waals surface area contributed by atoms with Crippen LogP contribution in [0, 0.1) is 17.5 Å². The first kappa shape index (κ1) is 13.9. The van der Waals surface area contributed by atoms with Crippen LogP contribution in [0.5, 0.6) is 0 Å². The van der Waals surface area contributed by atoms with Crippen molar-refractivity contribution in [1.82, 2.24) is 0 Å². The Morgan fingerprint density at radius 1 is 1.05 bits per heavy atom. The monoisotopic (exact) mass is 285 g/mol. The third kappa shape index (κ3) is 3.08. The molecule has 0 fully saturated rings. The molecule has 0 aliphatic carbocycles. The van der Waals surface area contributed by atoms with Crippen LogP contribution in [-0.2, 0) is 6.42 Å². The Labute approximate surface area is 113 Å². The molecule has 0 aliphatic rings. The Kier molecular flexibility index (Phi) is 4.12. The number of hydrogen-bond acceptors (Lipinski definition) is 1. The van der Waals surface area contributed by atoms with Crippen LogP contribution in [0.15, 0.2) is 36.4 Å². The fourth-order valence-electron chi connectivity index (χ4n) is 1.86. The van der Waals surface area contributed by atoms with Crippen molar-refractivity contribution in [2.75, 3.05) is 0 Å². The molecule has 19 heavy (non-hydrogen) atoms. The number of benzene rings is 2. The minimum absolute atomic E-state index is 0.00213. The van der Waals surface area contributed by atoms with E-state index in [2.05, 4.69) is 0 Å². The van der Waals surface area contributed by atoms with Crippen LogP contribution in [0.25, 0.3) is 0 Å². The average molecular weight is 286 g/mol. The van der Waals surface area contributed by atoms with Crippen molar-refractivity contribution in [3.8, 4) is 0 Å². The van der Waals surface area contributed by atoms with Crippen molar-refractivity contribution >= 4 is 11.6 Å². The molecule has 1 unspecified atom stereocenters. The van der Waals surface area contributed by atoms with Crippen LogP contribution in [0.4, 0.5) is 13.2 Å². The van der Waals surface area contributed by atoms with Crippen molar-refractivity contribution in [3.63, 3.8) is 0 Å². The Morgan fingerprint density at radius 2 is 1.79 bits per heavy atom. The minimum atomic E-state index is -0.952. The summed E-state index contributed by atoms with van der Waals surface area (Å²) in [5.41, 5.74) is 6.15. The standard InChI is InChI=1S/C14H11ClF3N/c15-9-4-5-10(12(17)7-9)13(19)6-8-2-1-3-11(16)14(8)18/h1-5,7,13H,6,19H2. The molecule has 0 saturated heterocycles. The molecule has 100 valence electrons. The summed E-state index contributed by atoms with van der Waals surface area (Å²) >= 11 is 5.64. The Bertz CT molecular complexity index is 601. The van der Waals surface area contributed by atoms with Gasteiger partial charge in [0.25, 0.3) is 0 Å². The van der Waals surface area contributed by atoms with Crippen molar-refractivity contribution < 1.29 is 13.2 Å². The van der Waals surface area contributed by atoms with Crippen molar-refractivity contribution in [3.05, 3.63) is 70.0 Å². The minimum Gasteiger partial charge on any atom is -0.324 e. The normalized spacial score (nSPS) is 12.5. The van der Waals surface area contributed by atoms with Gasteiger partial charge >= 0.3 is 0 Å². The Balaban J connectivity index is 2.25. The lowest BCUT2D eigenvalue weighted by Crippen LogP contribution is -2.16. The van der Waals surface area contributed by atoms with Gasteiger partial charge in [-0.15, -0.1) is 0 Å². The fraction of sp³-hybridized carbons (Fsp3) is 0.143. The Morgan fingerprint density at radius 3 is 2.47 bits per heavy atom. The van der Waals surface area contributed by atoms with E-state index in [0.717, 1.165) is 12.1 Å². The van der Waals surface area contributed by atoms with Gasteiger partial charge in [0.1, 0.15) is 5.82 Å². The molecule has 2 N–H and O–H groups in total. The molecule has 2 aromatic carbocycles. The van der Waals surface area contributed by atoms with E-state index in [-0.39, 0.29) is 22.6 Å². The molecule has 2 rings (SSSR count). The van der Waals surface area contributed by atoms with E-state index in [1.54, 1.807) is 0 Å². The molecule has 0 amide bonds. The van der Waals surface area contributed by atoms with Crippen LogP contribution in [0.2, 0.25) is 5.02 Å².